The highest BCUT2D eigenvalue weighted by Crippen LogP contribution is 2.44. The average Bonchev–Trinajstić information content (AvgIpc) is 3.68. The Hall–Kier alpha value is -3.39. The van der Waals surface area contributed by atoms with Crippen molar-refractivity contribution in [2.45, 2.75) is 46.1 Å². The van der Waals surface area contributed by atoms with Gasteiger partial charge in [-0.1, -0.05) is 17.7 Å². The van der Waals surface area contributed by atoms with Crippen molar-refractivity contribution in [1.29, 1.82) is 0 Å². The summed E-state index contributed by atoms with van der Waals surface area (Å²) in [7, 11) is 0. The van der Waals surface area contributed by atoms with Crippen LogP contribution in [-0.2, 0) is 11.4 Å². The van der Waals surface area contributed by atoms with Crippen LogP contribution in [0, 0.1) is 31.6 Å². The molecule has 2 bridgehead atoms. The van der Waals surface area contributed by atoms with Crippen LogP contribution in [0.15, 0.2) is 41.8 Å². The van der Waals surface area contributed by atoms with Crippen LogP contribution in [0.2, 0.25) is 0 Å². The molecule has 2 atom stereocenters. The largest absolute Gasteiger partial charge is 0.488 e. The van der Waals surface area contributed by atoms with Crippen LogP contribution in [0.1, 0.15) is 52.7 Å². The van der Waals surface area contributed by atoms with Gasteiger partial charge >= 0.3 is 5.97 Å². The minimum atomic E-state index is -0.647. The highest BCUT2D eigenvalue weighted by molar-refractivity contribution is 7.14. The second-order valence-corrected chi connectivity index (χ2v) is 12.1. The number of carboxylic acid groups (broad SMARTS) is 1. The zero-order chi connectivity index (χ0) is 27.1. The number of carboxylic acids is 1. The third-order valence-corrected chi connectivity index (χ3v) is 9.56. The number of nitrogens with zero attached hydrogens (tertiary/aromatic N) is 3. The highest BCUT2D eigenvalue weighted by atomic mass is 32.1. The number of rotatable bonds is 7. The molecule has 2 saturated heterocycles. The Balaban J connectivity index is 1.17. The molecule has 39 heavy (non-hydrogen) atoms. The number of benzene rings is 2. The van der Waals surface area contributed by atoms with Crippen LogP contribution in [0.4, 0.5) is 5.13 Å². The third kappa shape index (κ3) is 5.14. The number of aryl methyl sites for hydroxylation is 2. The van der Waals surface area contributed by atoms with Gasteiger partial charge in [-0.05, 0) is 86.8 Å². The maximum absolute atomic E-state index is 12.8. The number of piperidine rings is 1. The number of carbonyl (C=O) groups excluding carboxylic acids is 1. The summed E-state index contributed by atoms with van der Waals surface area (Å²) in [5.41, 5.74) is 5.81. The van der Waals surface area contributed by atoms with Crippen molar-refractivity contribution in [3.05, 3.63) is 64.0 Å². The van der Waals surface area contributed by atoms with Crippen LogP contribution in [0.3, 0.4) is 0 Å². The molecule has 3 aromatic rings. The van der Waals surface area contributed by atoms with Crippen molar-refractivity contribution >= 4 is 28.3 Å². The predicted molar refractivity (Wildman–Crippen MR) is 152 cm³/mol. The standard InChI is InChI=1S/C31H35N3O4S/c1-19-5-10-27(38-17-24-9-6-21(14-20(24)2)29(35)33-11-3-4-12-33)25(13-19)26-18-39-31(32-26)34-15-22-7-8-23(16-34)28(22)30(36)37/h5-6,9-10,13-14,18,22-23,28H,3-4,7-8,11-12,15-17H2,1-2H3,(H,36,37). The second kappa shape index (κ2) is 10.6. The smallest absolute Gasteiger partial charge is 0.307 e. The predicted octanol–water partition coefficient (Wildman–Crippen LogP) is 5.79. The van der Waals surface area contributed by atoms with Crippen molar-refractivity contribution in [2.24, 2.45) is 17.8 Å². The van der Waals surface area contributed by atoms with Crippen molar-refractivity contribution < 1.29 is 19.4 Å². The first-order chi connectivity index (χ1) is 18.9. The fourth-order valence-electron chi connectivity index (χ4n) is 6.53. The Morgan fingerprint density at radius 1 is 1.05 bits per heavy atom. The first-order valence-electron chi connectivity index (χ1n) is 13.9. The molecule has 2 unspecified atom stereocenters. The lowest BCUT2D eigenvalue weighted by Crippen LogP contribution is -2.44. The fraction of sp³-hybridized carbons (Fsp3) is 0.452. The van der Waals surface area contributed by atoms with Gasteiger partial charge in [0.15, 0.2) is 5.13 Å². The summed E-state index contributed by atoms with van der Waals surface area (Å²) in [5, 5.41) is 12.7. The van der Waals surface area contributed by atoms with Crippen molar-refractivity contribution in [3.8, 4) is 17.0 Å². The van der Waals surface area contributed by atoms with Gasteiger partial charge in [0.2, 0.25) is 0 Å². The summed E-state index contributed by atoms with van der Waals surface area (Å²) in [6.07, 6.45) is 4.14. The summed E-state index contributed by atoms with van der Waals surface area (Å²) in [4.78, 5) is 33.7. The molecule has 7 nitrogen and oxygen atoms in total. The van der Waals surface area contributed by atoms with Gasteiger partial charge < -0.3 is 19.6 Å². The van der Waals surface area contributed by atoms with Gasteiger partial charge in [0.25, 0.3) is 5.91 Å². The van der Waals surface area contributed by atoms with Crippen LogP contribution in [0.25, 0.3) is 11.3 Å². The average molecular weight is 546 g/mol. The van der Waals surface area contributed by atoms with Crippen LogP contribution in [0.5, 0.6) is 5.75 Å². The lowest BCUT2D eigenvalue weighted by atomic mass is 9.85. The SMILES string of the molecule is Cc1ccc(OCc2ccc(C(=O)N3CCCC3)cc2C)c(-c2csc(N3CC4CCC(C3)C4C(=O)O)n2)c1. The van der Waals surface area contributed by atoms with E-state index in [0.717, 1.165) is 96.3 Å². The van der Waals surface area contributed by atoms with E-state index >= 15 is 0 Å². The molecule has 2 aromatic carbocycles. The van der Waals surface area contributed by atoms with Crippen molar-refractivity contribution in [1.82, 2.24) is 9.88 Å². The zero-order valence-corrected chi connectivity index (χ0v) is 23.4. The number of ether oxygens (including phenoxy) is 1. The van der Waals surface area contributed by atoms with E-state index < -0.39 is 5.97 Å². The molecular weight excluding hydrogens is 510 g/mol. The molecular formula is C31H35N3O4S. The first kappa shape index (κ1) is 25.9. The quantitative estimate of drug-likeness (QED) is 0.405. The van der Waals surface area contributed by atoms with E-state index in [1.54, 1.807) is 11.3 Å². The molecule has 0 spiro atoms. The van der Waals surface area contributed by atoms with E-state index in [-0.39, 0.29) is 23.7 Å². The lowest BCUT2D eigenvalue weighted by molar-refractivity contribution is -0.144. The summed E-state index contributed by atoms with van der Waals surface area (Å²) in [6.45, 7) is 7.71. The number of amides is 1. The maximum Gasteiger partial charge on any atom is 0.307 e. The molecule has 1 saturated carbocycles. The van der Waals surface area contributed by atoms with Gasteiger partial charge in [0.05, 0.1) is 11.6 Å². The third-order valence-electron chi connectivity index (χ3n) is 8.66. The number of carbonyl (C=O) groups is 2. The first-order valence-corrected chi connectivity index (χ1v) is 14.8. The monoisotopic (exact) mass is 545 g/mol. The molecule has 0 radical (unpaired) electrons. The van der Waals surface area contributed by atoms with E-state index in [9.17, 15) is 14.7 Å². The molecule has 3 heterocycles. The molecule has 1 amide bonds. The molecule has 1 aromatic heterocycles. The Labute approximate surface area is 233 Å². The Morgan fingerprint density at radius 2 is 1.79 bits per heavy atom. The maximum atomic E-state index is 12.8. The normalized spacial score (nSPS) is 22.4. The van der Waals surface area contributed by atoms with Crippen molar-refractivity contribution in [3.63, 3.8) is 0 Å². The van der Waals surface area contributed by atoms with Crippen LogP contribution < -0.4 is 9.64 Å². The molecule has 1 aliphatic carbocycles. The summed E-state index contributed by atoms with van der Waals surface area (Å²) in [5.74, 6) is 0.431. The molecule has 2 aliphatic heterocycles. The number of aliphatic carboxylic acids is 1. The number of anilines is 1. The number of aromatic nitrogens is 1. The summed E-state index contributed by atoms with van der Waals surface area (Å²) < 4.78 is 6.34. The van der Waals surface area contributed by atoms with Gasteiger partial charge in [0.1, 0.15) is 12.4 Å². The molecule has 3 fully saturated rings. The second-order valence-electron chi connectivity index (χ2n) is 11.3. The highest BCUT2D eigenvalue weighted by Gasteiger charge is 2.46. The van der Waals surface area contributed by atoms with Gasteiger partial charge in [-0.2, -0.15) is 0 Å². The minimum Gasteiger partial charge on any atom is -0.488 e. The van der Waals surface area contributed by atoms with E-state index in [0.29, 0.717) is 6.61 Å². The Kier molecular flexibility index (Phi) is 7.06. The number of hydrogen-bond acceptors (Lipinski definition) is 6. The van der Waals surface area contributed by atoms with E-state index in [1.807, 2.05) is 42.2 Å². The number of fused-ring (bicyclic) bond motifs is 2. The molecule has 6 rings (SSSR count). The van der Waals surface area contributed by atoms with Crippen LogP contribution >= 0.6 is 11.3 Å². The van der Waals surface area contributed by atoms with Gasteiger partial charge in [-0.3, -0.25) is 9.59 Å². The fourth-order valence-corrected chi connectivity index (χ4v) is 7.38. The Bertz CT molecular complexity index is 1380. The molecule has 8 heteroatoms. The van der Waals surface area contributed by atoms with E-state index in [4.69, 9.17) is 9.72 Å². The number of thiazole rings is 1. The topological polar surface area (TPSA) is 83.0 Å². The zero-order valence-electron chi connectivity index (χ0n) is 22.6. The minimum absolute atomic E-state index is 0.114. The van der Waals surface area contributed by atoms with Crippen LogP contribution in [-0.4, -0.2) is 53.0 Å². The van der Waals surface area contributed by atoms with Gasteiger partial charge in [-0.15, -0.1) is 11.3 Å². The number of hydrogen-bond donors (Lipinski definition) is 1. The van der Waals surface area contributed by atoms with Gasteiger partial charge in [0, 0.05) is 42.7 Å². The number of likely N-dealkylation sites (tertiary alicyclic amines) is 1. The molecule has 1 N–H and O–H groups in total. The van der Waals surface area contributed by atoms with E-state index in [1.165, 1.54) is 0 Å². The molecule has 204 valence electrons. The van der Waals surface area contributed by atoms with Crippen molar-refractivity contribution in [2.75, 3.05) is 31.1 Å². The van der Waals surface area contributed by atoms with E-state index in [2.05, 4.69) is 23.3 Å². The summed E-state index contributed by atoms with van der Waals surface area (Å²) in [6, 6.07) is 12.0. The van der Waals surface area contributed by atoms with Gasteiger partial charge in [-0.25, -0.2) is 4.98 Å². The summed E-state index contributed by atoms with van der Waals surface area (Å²) >= 11 is 1.61. The molecule has 3 aliphatic rings. The lowest BCUT2D eigenvalue weighted by Gasteiger charge is -2.35. The Morgan fingerprint density at radius 3 is 2.49 bits per heavy atom.